The summed E-state index contributed by atoms with van der Waals surface area (Å²) in [7, 11) is 0. The lowest BCUT2D eigenvalue weighted by molar-refractivity contribution is -0.124. The van der Waals surface area contributed by atoms with Crippen LogP contribution in [0, 0.1) is 5.92 Å². The fraction of sp³-hybridized carbons (Fsp3) is 0.562. The van der Waals surface area contributed by atoms with Crippen LogP contribution in [0.4, 0.5) is 0 Å². The highest BCUT2D eigenvalue weighted by Gasteiger charge is 2.27. The van der Waals surface area contributed by atoms with E-state index in [0.29, 0.717) is 11.1 Å². The minimum Gasteiger partial charge on any atom is -0.353 e. The van der Waals surface area contributed by atoms with Crippen LogP contribution < -0.4 is 5.32 Å². The molecule has 0 aromatic heterocycles. The van der Waals surface area contributed by atoms with Crippen molar-refractivity contribution in [3.05, 3.63) is 34.9 Å². The van der Waals surface area contributed by atoms with Crippen LogP contribution in [0.25, 0.3) is 0 Å². The summed E-state index contributed by atoms with van der Waals surface area (Å²) < 4.78 is 0. The van der Waals surface area contributed by atoms with Crippen molar-refractivity contribution in [2.24, 2.45) is 5.92 Å². The van der Waals surface area contributed by atoms with E-state index >= 15 is 0 Å². The van der Waals surface area contributed by atoms with Crippen LogP contribution in [0.3, 0.4) is 0 Å². The van der Waals surface area contributed by atoms with E-state index in [9.17, 15) is 4.79 Å². The zero-order valence-electron chi connectivity index (χ0n) is 11.7. The lowest BCUT2D eigenvalue weighted by Crippen LogP contribution is -2.38. The predicted molar refractivity (Wildman–Crippen MR) is 79.4 cm³/mol. The van der Waals surface area contributed by atoms with Gasteiger partial charge in [-0.25, -0.2) is 0 Å². The summed E-state index contributed by atoms with van der Waals surface area (Å²) in [5.74, 6) is 0.352. The molecule has 0 spiro atoms. The van der Waals surface area contributed by atoms with Crippen molar-refractivity contribution in [3.63, 3.8) is 0 Å². The van der Waals surface area contributed by atoms with E-state index in [2.05, 4.69) is 19.2 Å². The first kappa shape index (κ1) is 14.4. The van der Waals surface area contributed by atoms with Gasteiger partial charge in [0.15, 0.2) is 0 Å². The maximum Gasteiger partial charge on any atom is 0.228 e. The molecule has 1 amide bonds. The maximum absolute atomic E-state index is 12.5. The van der Waals surface area contributed by atoms with E-state index in [1.807, 2.05) is 24.3 Å². The van der Waals surface area contributed by atoms with Crippen LogP contribution in [0.5, 0.6) is 0 Å². The van der Waals surface area contributed by atoms with Gasteiger partial charge in [0.25, 0.3) is 0 Å². The summed E-state index contributed by atoms with van der Waals surface area (Å²) in [6.45, 7) is 4.18. The van der Waals surface area contributed by atoms with Crippen molar-refractivity contribution >= 4 is 17.5 Å². The van der Waals surface area contributed by atoms with Gasteiger partial charge < -0.3 is 5.32 Å². The van der Waals surface area contributed by atoms with Crippen molar-refractivity contribution in [3.8, 4) is 0 Å². The van der Waals surface area contributed by atoms with Gasteiger partial charge in [0.1, 0.15) is 0 Å². The summed E-state index contributed by atoms with van der Waals surface area (Å²) >= 11 is 5.91. The molecule has 2 rings (SSSR count). The molecule has 1 saturated carbocycles. The minimum absolute atomic E-state index is 0.0853. The highest BCUT2D eigenvalue weighted by Crippen LogP contribution is 2.27. The molecule has 0 saturated heterocycles. The van der Waals surface area contributed by atoms with Crippen LogP contribution in [-0.4, -0.2) is 11.9 Å². The average Bonchev–Trinajstić information content (AvgIpc) is 2.84. The summed E-state index contributed by atoms with van der Waals surface area (Å²) in [4.78, 5) is 12.5. The molecule has 3 heteroatoms. The van der Waals surface area contributed by atoms with Crippen LogP contribution in [0.1, 0.15) is 51.0 Å². The van der Waals surface area contributed by atoms with Gasteiger partial charge in [-0.3, -0.25) is 4.79 Å². The highest BCUT2D eigenvalue weighted by molar-refractivity contribution is 6.30. The van der Waals surface area contributed by atoms with E-state index in [4.69, 9.17) is 11.6 Å². The molecule has 0 radical (unpaired) electrons. The third-order valence-electron chi connectivity index (χ3n) is 3.88. The van der Waals surface area contributed by atoms with E-state index in [1.54, 1.807) is 0 Å². The van der Waals surface area contributed by atoms with Crippen molar-refractivity contribution in [2.45, 2.75) is 51.5 Å². The number of carbonyl (C=O) groups excluding carboxylic acids is 1. The normalized spacial score (nSPS) is 17.7. The number of benzene rings is 1. The molecule has 104 valence electrons. The Labute approximate surface area is 120 Å². The first-order valence-corrected chi connectivity index (χ1v) is 7.51. The zero-order chi connectivity index (χ0) is 13.8. The van der Waals surface area contributed by atoms with Crippen LogP contribution in [0.15, 0.2) is 24.3 Å². The molecule has 1 N–H and O–H groups in total. The largest absolute Gasteiger partial charge is 0.353 e. The zero-order valence-corrected chi connectivity index (χ0v) is 12.4. The summed E-state index contributed by atoms with van der Waals surface area (Å²) in [6.07, 6.45) is 4.71. The molecule has 1 unspecified atom stereocenters. The van der Waals surface area contributed by atoms with Gasteiger partial charge >= 0.3 is 0 Å². The van der Waals surface area contributed by atoms with Crippen molar-refractivity contribution < 1.29 is 4.79 Å². The standard InChI is InChI=1S/C16H22ClNO/c1-11(2)15(12-7-9-13(17)10-8-12)16(19)18-14-5-3-4-6-14/h7-11,14-15H,3-6H2,1-2H3,(H,18,19). The topological polar surface area (TPSA) is 29.1 Å². The molecular formula is C16H22ClNO. The summed E-state index contributed by atoms with van der Waals surface area (Å²) in [5.41, 5.74) is 1.05. The Bertz CT molecular complexity index is 421. The molecule has 1 aliphatic carbocycles. The first-order valence-electron chi connectivity index (χ1n) is 7.14. The number of amides is 1. The van der Waals surface area contributed by atoms with Crippen molar-refractivity contribution in [1.29, 1.82) is 0 Å². The van der Waals surface area contributed by atoms with Gasteiger partial charge in [0.05, 0.1) is 5.92 Å². The number of hydrogen-bond acceptors (Lipinski definition) is 1. The molecular weight excluding hydrogens is 258 g/mol. The third kappa shape index (κ3) is 3.73. The monoisotopic (exact) mass is 279 g/mol. The molecule has 0 heterocycles. The van der Waals surface area contributed by atoms with E-state index in [0.717, 1.165) is 18.4 Å². The van der Waals surface area contributed by atoms with Crippen LogP contribution in [-0.2, 0) is 4.79 Å². The van der Waals surface area contributed by atoms with E-state index < -0.39 is 0 Å². The second kappa shape index (κ2) is 6.42. The van der Waals surface area contributed by atoms with Gasteiger partial charge in [0.2, 0.25) is 5.91 Å². The lowest BCUT2D eigenvalue weighted by atomic mass is 9.87. The molecule has 1 aromatic rings. The summed E-state index contributed by atoms with van der Waals surface area (Å²) in [5, 5.41) is 3.91. The quantitative estimate of drug-likeness (QED) is 0.882. The number of halogens is 1. The molecule has 0 bridgehead atoms. The Kier molecular flexibility index (Phi) is 4.87. The Balaban J connectivity index is 2.10. The Morgan fingerprint density at radius 3 is 2.32 bits per heavy atom. The van der Waals surface area contributed by atoms with Gasteiger partial charge in [-0.1, -0.05) is 50.4 Å². The van der Waals surface area contributed by atoms with Crippen LogP contribution in [0.2, 0.25) is 5.02 Å². The molecule has 1 aromatic carbocycles. The molecule has 1 aliphatic rings. The maximum atomic E-state index is 12.5. The van der Waals surface area contributed by atoms with Gasteiger partial charge in [-0.15, -0.1) is 0 Å². The van der Waals surface area contributed by atoms with E-state index in [1.165, 1.54) is 12.8 Å². The van der Waals surface area contributed by atoms with E-state index in [-0.39, 0.29) is 17.7 Å². The first-order chi connectivity index (χ1) is 9.08. The van der Waals surface area contributed by atoms with Crippen molar-refractivity contribution in [2.75, 3.05) is 0 Å². The fourth-order valence-corrected chi connectivity index (χ4v) is 3.00. The fourth-order valence-electron chi connectivity index (χ4n) is 2.87. The average molecular weight is 280 g/mol. The SMILES string of the molecule is CC(C)C(C(=O)NC1CCCC1)c1ccc(Cl)cc1. The Morgan fingerprint density at radius 1 is 1.21 bits per heavy atom. The summed E-state index contributed by atoms with van der Waals surface area (Å²) in [6, 6.07) is 8.01. The smallest absolute Gasteiger partial charge is 0.228 e. The number of nitrogens with one attached hydrogen (secondary N) is 1. The second-order valence-corrected chi connectivity index (χ2v) is 6.20. The number of rotatable bonds is 4. The lowest BCUT2D eigenvalue weighted by Gasteiger charge is -2.23. The highest BCUT2D eigenvalue weighted by atomic mass is 35.5. The van der Waals surface area contributed by atoms with Gasteiger partial charge in [-0.2, -0.15) is 0 Å². The molecule has 19 heavy (non-hydrogen) atoms. The Hall–Kier alpha value is -1.02. The predicted octanol–water partition coefficient (Wildman–Crippen LogP) is 4.14. The second-order valence-electron chi connectivity index (χ2n) is 5.76. The molecule has 1 fully saturated rings. The minimum atomic E-state index is -0.0853. The number of hydrogen-bond donors (Lipinski definition) is 1. The molecule has 1 atom stereocenters. The van der Waals surface area contributed by atoms with Crippen LogP contribution >= 0.6 is 11.6 Å². The molecule has 2 nitrogen and oxygen atoms in total. The van der Waals surface area contributed by atoms with Crippen molar-refractivity contribution in [1.82, 2.24) is 5.32 Å². The van der Waals surface area contributed by atoms with Gasteiger partial charge in [0, 0.05) is 11.1 Å². The number of carbonyl (C=O) groups is 1. The Morgan fingerprint density at radius 2 is 1.79 bits per heavy atom. The molecule has 0 aliphatic heterocycles. The van der Waals surface area contributed by atoms with Gasteiger partial charge in [-0.05, 0) is 36.5 Å². The third-order valence-corrected chi connectivity index (χ3v) is 4.13.